The van der Waals surface area contributed by atoms with Crippen LogP contribution in [0.25, 0.3) is 11.1 Å². The summed E-state index contributed by atoms with van der Waals surface area (Å²) in [5, 5.41) is 0. The van der Waals surface area contributed by atoms with Crippen molar-refractivity contribution in [3.05, 3.63) is 53.6 Å². The normalized spacial score (nSPS) is 16.1. The Morgan fingerprint density at radius 1 is 0.933 bits per heavy atom. The van der Waals surface area contributed by atoms with Crippen LogP contribution in [0.2, 0.25) is 18.1 Å². The molecule has 1 fully saturated rings. The number of unbranched alkanes of at least 4 members (excludes halogenated alkanes) is 2. The molecular weight excluding hydrogens is 415 g/mol. The summed E-state index contributed by atoms with van der Waals surface area (Å²) in [6.45, 7) is 2.21. The monoisotopic (exact) mass is 441 g/mol. The highest BCUT2D eigenvalue weighted by Gasteiger charge is 2.31. The molecule has 0 amide bonds. The molecule has 1 heterocycles. The summed E-state index contributed by atoms with van der Waals surface area (Å²) < 4.78 is 69.6. The molecule has 0 aliphatic carbocycles. The molecule has 2 aromatic carbocycles. The lowest BCUT2D eigenvalue weighted by Crippen LogP contribution is -2.20. The van der Waals surface area contributed by atoms with Crippen LogP contribution in [-0.2, 0) is 0 Å². The van der Waals surface area contributed by atoms with Gasteiger partial charge < -0.3 is 4.74 Å². The molecule has 0 unspecified atom stereocenters. The van der Waals surface area contributed by atoms with E-state index in [-0.39, 0.29) is 19.9 Å². The minimum absolute atomic E-state index is 0.0370. The Kier molecular flexibility index (Phi) is 7.55. The molecule has 1 saturated heterocycles. The van der Waals surface area contributed by atoms with E-state index < -0.39 is 23.7 Å². The number of alkyl halides is 3. The van der Waals surface area contributed by atoms with Crippen molar-refractivity contribution in [3.63, 3.8) is 0 Å². The topological polar surface area (TPSA) is 9.23 Å². The van der Waals surface area contributed by atoms with Crippen LogP contribution in [0.3, 0.4) is 0 Å². The Bertz CT molecular complexity index is 844. The van der Waals surface area contributed by atoms with E-state index in [1.807, 2.05) is 6.07 Å². The van der Waals surface area contributed by atoms with E-state index in [9.17, 15) is 22.0 Å². The Hall–Kier alpha value is -1.89. The standard InChI is InChI=1S/C23H26F5OSi/c1-2-3-4-11-30-12-9-16(10-13-30)17-5-7-19(21(24)14-17)20-8-6-18(15-22(20)25)29-23(26,27)28/h5-8,14-16H,2-4,9-13H2,1H3. The second kappa shape index (κ2) is 9.94. The number of halogens is 5. The first-order valence-corrected chi connectivity index (χ1v) is 12.6. The van der Waals surface area contributed by atoms with Gasteiger partial charge in [-0.15, -0.1) is 13.2 Å². The van der Waals surface area contributed by atoms with Crippen molar-refractivity contribution in [3.8, 4) is 16.9 Å². The molecule has 0 spiro atoms. The van der Waals surface area contributed by atoms with Gasteiger partial charge in [-0.2, -0.15) is 0 Å². The van der Waals surface area contributed by atoms with Gasteiger partial charge in [-0.05, 0) is 42.5 Å². The van der Waals surface area contributed by atoms with Gasteiger partial charge in [0, 0.05) is 26.0 Å². The van der Waals surface area contributed by atoms with Gasteiger partial charge in [0.2, 0.25) is 0 Å². The average Bonchev–Trinajstić information content (AvgIpc) is 2.68. The molecule has 0 bridgehead atoms. The highest BCUT2D eigenvalue weighted by Crippen LogP contribution is 2.37. The number of rotatable bonds is 7. The Morgan fingerprint density at radius 2 is 1.57 bits per heavy atom. The van der Waals surface area contributed by atoms with Gasteiger partial charge in [0.05, 0.1) is 0 Å². The van der Waals surface area contributed by atoms with Crippen molar-refractivity contribution in [2.75, 3.05) is 0 Å². The van der Waals surface area contributed by atoms with Crippen LogP contribution in [0.15, 0.2) is 36.4 Å². The molecule has 7 heteroatoms. The lowest BCUT2D eigenvalue weighted by atomic mass is 9.91. The molecule has 0 saturated carbocycles. The fourth-order valence-corrected chi connectivity index (χ4v) is 7.16. The van der Waals surface area contributed by atoms with Crippen molar-refractivity contribution < 1.29 is 26.7 Å². The predicted octanol–water partition coefficient (Wildman–Crippen LogP) is 8.09. The minimum atomic E-state index is -4.90. The summed E-state index contributed by atoms with van der Waals surface area (Å²) in [7, 11) is -0.278. The highest BCUT2D eigenvalue weighted by atomic mass is 28.3. The Morgan fingerprint density at radius 3 is 2.13 bits per heavy atom. The summed E-state index contributed by atoms with van der Waals surface area (Å²) >= 11 is 0. The molecule has 1 radical (unpaired) electrons. The third kappa shape index (κ3) is 6.06. The van der Waals surface area contributed by atoms with E-state index in [0.717, 1.165) is 30.5 Å². The number of benzene rings is 2. The van der Waals surface area contributed by atoms with Gasteiger partial charge in [-0.3, -0.25) is 0 Å². The third-order valence-corrected chi connectivity index (χ3v) is 8.81. The molecule has 0 atom stereocenters. The van der Waals surface area contributed by atoms with Crippen molar-refractivity contribution >= 4 is 8.80 Å². The van der Waals surface area contributed by atoms with E-state index in [4.69, 9.17) is 0 Å². The molecule has 2 aromatic rings. The van der Waals surface area contributed by atoms with E-state index in [0.29, 0.717) is 12.0 Å². The van der Waals surface area contributed by atoms with E-state index in [2.05, 4.69) is 11.7 Å². The first kappa shape index (κ1) is 22.8. The summed E-state index contributed by atoms with van der Waals surface area (Å²) in [6.07, 6.45) is 1.08. The SMILES string of the molecule is CCCCC[Si]1CCC(c2ccc(-c3ccc(OC(F)(F)F)cc3F)c(F)c2)CC1. The molecule has 0 N–H and O–H groups in total. The molecule has 0 aromatic heterocycles. The average molecular weight is 442 g/mol. The number of hydrogen-bond donors (Lipinski definition) is 0. The number of hydrogen-bond acceptors (Lipinski definition) is 1. The largest absolute Gasteiger partial charge is 0.573 e. The highest BCUT2D eigenvalue weighted by molar-refractivity contribution is 6.59. The number of ether oxygens (including phenoxy) is 1. The summed E-state index contributed by atoms with van der Waals surface area (Å²) in [6, 6.07) is 11.4. The van der Waals surface area contributed by atoms with Gasteiger partial charge in [0.25, 0.3) is 0 Å². The maximum Gasteiger partial charge on any atom is 0.573 e. The van der Waals surface area contributed by atoms with Crippen LogP contribution in [-0.4, -0.2) is 15.2 Å². The van der Waals surface area contributed by atoms with Crippen LogP contribution >= 0.6 is 0 Å². The molecule has 1 aliphatic rings. The fourth-order valence-electron chi connectivity index (χ4n) is 4.15. The van der Waals surface area contributed by atoms with Crippen molar-refractivity contribution in [1.82, 2.24) is 0 Å². The van der Waals surface area contributed by atoms with Crippen LogP contribution in [0.4, 0.5) is 22.0 Å². The lowest BCUT2D eigenvalue weighted by Gasteiger charge is -2.28. The molecule has 1 nitrogen and oxygen atoms in total. The minimum Gasteiger partial charge on any atom is -0.406 e. The maximum atomic E-state index is 14.8. The van der Waals surface area contributed by atoms with Crippen molar-refractivity contribution in [2.24, 2.45) is 0 Å². The predicted molar refractivity (Wildman–Crippen MR) is 110 cm³/mol. The quantitative estimate of drug-likeness (QED) is 0.240. The second-order valence-corrected chi connectivity index (χ2v) is 10.9. The zero-order valence-electron chi connectivity index (χ0n) is 17.0. The zero-order chi connectivity index (χ0) is 21.7. The van der Waals surface area contributed by atoms with Crippen LogP contribution < -0.4 is 4.74 Å². The molecule has 3 rings (SSSR count). The molecule has 163 valence electrons. The van der Waals surface area contributed by atoms with Crippen LogP contribution in [0.5, 0.6) is 5.75 Å². The van der Waals surface area contributed by atoms with Crippen LogP contribution in [0.1, 0.15) is 50.5 Å². The molecular formula is C23H26F5OSi. The van der Waals surface area contributed by atoms with Gasteiger partial charge in [-0.1, -0.05) is 56.5 Å². The summed E-state index contributed by atoms with van der Waals surface area (Å²) in [5.74, 6) is -1.87. The first-order valence-electron chi connectivity index (χ1n) is 10.5. The smallest absolute Gasteiger partial charge is 0.406 e. The summed E-state index contributed by atoms with van der Waals surface area (Å²) in [5.41, 5.74) is 0.872. The van der Waals surface area contributed by atoms with E-state index in [1.54, 1.807) is 0 Å². The molecule has 30 heavy (non-hydrogen) atoms. The third-order valence-electron chi connectivity index (χ3n) is 5.76. The fraction of sp³-hybridized carbons (Fsp3) is 0.478. The van der Waals surface area contributed by atoms with Gasteiger partial charge >= 0.3 is 6.36 Å². The van der Waals surface area contributed by atoms with Crippen LogP contribution in [0, 0.1) is 11.6 Å². The maximum absolute atomic E-state index is 14.8. The first-order chi connectivity index (χ1) is 14.3. The Labute approximate surface area is 175 Å². The Balaban J connectivity index is 1.67. The zero-order valence-corrected chi connectivity index (χ0v) is 18.0. The van der Waals surface area contributed by atoms with Crippen molar-refractivity contribution in [2.45, 2.75) is 69.4 Å². The van der Waals surface area contributed by atoms with E-state index in [1.165, 1.54) is 49.5 Å². The van der Waals surface area contributed by atoms with Gasteiger partial charge in [-0.25, -0.2) is 8.78 Å². The van der Waals surface area contributed by atoms with Gasteiger partial charge in [0.1, 0.15) is 17.4 Å². The van der Waals surface area contributed by atoms with Crippen molar-refractivity contribution in [1.29, 1.82) is 0 Å². The lowest BCUT2D eigenvalue weighted by molar-refractivity contribution is -0.274. The second-order valence-electron chi connectivity index (χ2n) is 7.91. The molecule has 1 aliphatic heterocycles. The van der Waals surface area contributed by atoms with Gasteiger partial charge in [0.15, 0.2) is 0 Å². The summed E-state index contributed by atoms with van der Waals surface area (Å²) in [4.78, 5) is 0. The van der Waals surface area contributed by atoms with E-state index >= 15 is 0 Å².